The Bertz CT molecular complexity index is 756. The van der Waals surface area contributed by atoms with Gasteiger partial charge in [-0.2, -0.15) is 0 Å². The lowest BCUT2D eigenvalue weighted by molar-refractivity contribution is -0.115. The van der Waals surface area contributed by atoms with Crippen LogP contribution in [0.15, 0.2) is 65.3 Å². The van der Waals surface area contributed by atoms with E-state index in [4.69, 9.17) is 0 Å². The van der Waals surface area contributed by atoms with Gasteiger partial charge in [-0.05, 0) is 28.7 Å². The predicted octanol–water partition coefficient (Wildman–Crippen LogP) is 3.92. The van der Waals surface area contributed by atoms with Crippen molar-refractivity contribution in [1.29, 1.82) is 0 Å². The van der Waals surface area contributed by atoms with Gasteiger partial charge in [0.05, 0.1) is 0 Å². The molecular weight excluding hydrogens is 284 g/mol. The van der Waals surface area contributed by atoms with Gasteiger partial charge in [-0.15, -0.1) is 0 Å². The molecule has 0 aliphatic carbocycles. The van der Waals surface area contributed by atoms with Gasteiger partial charge < -0.3 is 5.32 Å². The molecule has 0 atom stereocenters. The molecule has 2 aromatic carbocycles. The summed E-state index contributed by atoms with van der Waals surface area (Å²) < 4.78 is 0. The van der Waals surface area contributed by atoms with E-state index in [1.165, 1.54) is 5.56 Å². The van der Waals surface area contributed by atoms with Gasteiger partial charge >= 0.3 is 0 Å². The SMILES string of the molecule is CC(C)c1ccc(/C=C2/N=C(Cc3ccccc3)NC2=O)cc1. The largest absolute Gasteiger partial charge is 0.308 e. The van der Waals surface area contributed by atoms with Crippen LogP contribution in [0, 0.1) is 0 Å². The third kappa shape index (κ3) is 3.75. The average molecular weight is 304 g/mol. The summed E-state index contributed by atoms with van der Waals surface area (Å²) in [6.07, 6.45) is 2.47. The molecular formula is C20H20N2O. The normalized spacial score (nSPS) is 15.9. The lowest BCUT2D eigenvalue weighted by Gasteiger charge is -2.04. The second-order valence-electron chi connectivity index (χ2n) is 6.03. The number of nitrogens with one attached hydrogen (secondary N) is 1. The summed E-state index contributed by atoms with van der Waals surface area (Å²) in [6.45, 7) is 4.33. The van der Waals surface area contributed by atoms with E-state index in [9.17, 15) is 4.79 Å². The van der Waals surface area contributed by atoms with Crippen LogP contribution in [0.1, 0.15) is 36.5 Å². The Morgan fingerprint density at radius 1 is 1.04 bits per heavy atom. The van der Waals surface area contributed by atoms with Gasteiger partial charge in [0.15, 0.2) is 0 Å². The third-order valence-electron chi connectivity index (χ3n) is 3.87. The molecule has 1 aliphatic rings. The number of aliphatic imine (C=N–C) groups is 1. The number of carbonyl (C=O) groups excluding carboxylic acids is 1. The number of amidine groups is 1. The summed E-state index contributed by atoms with van der Waals surface area (Å²) >= 11 is 0. The van der Waals surface area contributed by atoms with E-state index in [2.05, 4.69) is 36.3 Å². The van der Waals surface area contributed by atoms with Crippen molar-refractivity contribution in [1.82, 2.24) is 5.32 Å². The van der Waals surface area contributed by atoms with Crippen molar-refractivity contribution < 1.29 is 4.79 Å². The molecule has 1 aliphatic heterocycles. The number of amides is 1. The van der Waals surface area contributed by atoms with Gasteiger partial charge in [0, 0.05) is 6.42 Å². The fourth-order valence-electron chi connectivity index (χ4n) is 2.52. The highest BCUT2D eigenvalue weighted by atomic mass is 16.2. The van der Waals surface area contributed by atoms with Crippen molar-refractivity contribution >= 4 is 17.8 Å². The summed E-state index contributed by atoms with van der Waals surface area (Å²) in [7, 11) is 0. The lowest BCUT2D eigenvalue weighted by atomic mass is 10.0. The number of hydrogen-bond acceptors (Lipinski definition) is 2. The van der Waals surface area contributed by atoms with Crippen LogP contribution in [0.3, 0.4) is 0 Å². The molecule has 1 amide bonds. The Balaban J connectivity index is 1.77. The minimum atomic E-state index is -0.135. The van der Waals surface area contributed by atoms with Gasteiger partial charge in [0.25, 0.3) is 5.91 Å². The summed E-state index contributed by atoms with van der Waals surface area (Å²) in [5, 5.41) is 2.85. The Labute approximate surface area is 136 Å². The standard InChI is InChI=1S/C20H20N2O/c1-14(2)17-10-8-16(9-11-17)12-18-20(23)22-19(21-18)13-15-6-4-3-5-7-15/h3-12,14H,13H2,1-2H3,(H,21,22,23)/b18-12+. The monoisotopic (exact) mass is 304 g/mol. The Hall–Kier alpha value is -2.68. The van der Waals surface area contributed by atoms with Crippen LogP contribution in [-0.2, 0) is 11.2 Å². The van der Waals surface area contributed by atoms with E-state index in [1.807, 2.05) is 48.5 Å². The molecule has 1 N–H and O–H groups in total. The van der Waals surface area contributed by atoms with E-state index in [0.717, 1.165) is 11.1 Å². The van der Waals surface area contributed by atoms with Crippen LogP contribution in [0.5, 0.6) is 0 Å². The zero-order valence-corrected chi connectivity index (χ0v) is 13.4. The lowest BCUT2D eigenvalue weighted by Crippen LogP contribution is -2.25. The van der Waals surface area contributed by atoms with Crippen LogP contribution < -0.4 is 5.32 Å². The zero-order chi connectivity index (χ0) is 16.2. The molecule has 0 fully saturated rings. The average Bonchev–Trinajstić information content (AvgIpc) is 2.88. The molecule has 0 spiro atoms. The molecule has 3 heteroatoms. The van der Waals surface area contributed by atoms with Gasteiger partial charge in [-0.1, -0.05) is 68.4 Å². The molecule has 3 nitrogen and oxygen atoms in total. The Kier molecular flexibility index (Phi) is 4.38. The highest BCUT2D eigenvalue weighted by Crippen LogP contribution is 2.18. The van der Waals surface area contributed by atoms with E-state index in [1.54, 1.807) is 0 Å². The van der Waals surface area contributed by atoms with Crippen molar-refractivity contribution in [3.8, 4) is 0 Å². The highest BCUT2D eigenvalue weighted by molar-refractivity contribution is 6.14. The van der Waals surface area contributed by atoms with Crippen molar-refractivity contribution in [2.24, 2.45) is 4.99 Å². The highest BCUT2D eigenvalue weighted by Gasteiger charge is 2.19. The number of benzene rings is 2. The van der Waals surface area contributed by atoms with E-state index >= 15 is 0 Å². The number of rotatable bonds is 4. The topological polar surface area (TPSA) is 41.5 Å². The quantitative estimate of drug-likeness (QED) is 0.855. The number of carbonyl (C=O) groups is 1. The van der Waals surface area contributed by atoms with Gasteiger partial charge in [-0.3, -0.25) is 4.79 Å². The number of nitrogens with zero attached hydrogens (tertiary/aromatic N) is 1. The molecule has 3 rings (SSSR count). The molecule has 23 heavy (non-hydrogen) atoms. The molecule has 0 bridgehead atoms. The van der Waals surface area contributed by atoms with E-state index in [-0.39, 0.29) is 5.91 Å². The molecule has 0 saturated heterocycles. The summed E-state index contributed by atoms with van der Waals surface area (Å²) in [5.74, 6) is 1.07. The molecule has 0 aromatic heterocycles. The summed E-state index contributed by atoms with van der Waals surface area (Å²) in [5.41, 5.74) is 3.88. The van der Waals surface area contributed by atoms with Crippen molar-refractivity contribution in [2.45, 2.75) is 26.2 Å². The van der Waals surface area contributed by atoms with Gasteiger partial charge in [0.2, 0.25) is 0 Å². The van der Waals surface area contributed by atoms with Crippen LogP contribution in [0.2, 0.25) is 0 Å². The molecule has 116 valence electrons. The van der Waals surface area contributed by atoms with Crippen LogP contribution in [0.4, 0.5) is 0 Å². The fraction of sp³-hybridized carbons (Fsp3) is 0.200. The Morgan fingerprint density at radius 3 is 2.39 bits per heavy atom. The molecule has 0 saturated carbocycles. The molecule has 2 aromatic rings. The maximum absolute atomic E-state index is 12.1. The molecule has 0 radical (unpaired) electrons. The summed E-state index contributed by atoms with van der Waals surface area (Å²) in [6, 6.07) is 18.3. The van der Waals surface area contributed by atoms with Crippen molar-refractivity contribution in [2.75, 3.05) is 0 Å². The van der Waals surface area contributed by atoms with Crippen molar-refractivity contribution in [3.63, 3.8) is 0 Å². The van der Waals surface area contributed by atoms with Gasteiger partial charge in [0.1, 0.15) is 11.5 Å². The van der Waals surface area contributed by atoms with E-state index in [0.29, 0.717) is 23.9 Å². The maximum atomic E-state index is 12.1. The van der Waals surface area contributed by atoms with E-state index < -0.39 is 0 Å². The first kappa shape index (κ1) is 15.2. The predicted molar refractivity (Wildman–Crippen MR) is 94.2 cm³/mol. The molecule has 0 unspecified atom stereocenters. The third-order valence-corrected chi connectivity index (χ3v) is 3.87. The van der Waals surface area contributed by atoms with Crippen LogP contribution >= 0.6 is 0 Å². The van der Waals surface area contributed by atoms with Crippen LogP contribution in [0.25, 0.3) is 6.08 Å². The first-order valence-corrected chi connectivity index (χ1v) is 7.86. The van der Waals surface area contributed by atoms with Crippen LogP contribution in [-0.4, -0.2) is 11.7 Å². The minimum Gasteiger partial charge on any atom is -0.308 e. The van der Waals surface area contributed by atoms with Crippen molar-refractivity contribution in [3.05, 3.63) is 77.0 Å². The zero-order valence-electron chi connectivity index (χ0n) is 13.4. The summed E-state index contributed by atoms with van der Waals surface area (Å²) in [4.78, 5) is 16.5. The number of hydrogen-bond donors (Lipinski definition) is 1. The Morgan fingerprint density at radius 2 is 1.74 bits per heavy atom. The first-order chi connectivity index (χ1) is 11.1. The second-order valence-corrected chi connectivity index (χ2v) is 6.03. The maximum Gasteiger partial charge on any atom is 0.275 e. The smallest absolute Gasteiger partial charge is 0.275 e. The minimum absolute atomic E-state index is 0.135. The first-order valence-electron chi connectivity index (χ1n) is 7.86. The second kappa shape index (κ2) is 6.61. The van der Waals surface area contributed by atoms with Gasteiger partial charge in [-0.25, -0.2) is 4.99 Å². The molecule has 1 heterocycles. The fourth-order valence-corrected chi connectivity index (χ4v) is 2.52.